The van der Waals surface area contributed by atoms with Crippen molar-refractivity contribution in [1.29, 1.82) is 5.41 Å². The quantitative estimate of drug-likeness (QED) is 0.572. The average molecular weight is 214 g/mol. The van der Waals surface area contributed by atoms with Crippen molar-refractivity contribution >= 4 is 11.7 Å². The van der Waals surface area contributed by atoms with Gasteiger partial charge in [-0.05, 0) is 41.8 Å². The van der Waals surface area contributed by atoms with Crippen molar-refractivity contribution in [2.45, 2.75) is 45.8 Å². The Kier molecular flexibility index (Phi) is 4.94. The van der Waals surface area contributed by atoms with Crippen LogP contribution in [0.15, 0.2) is 0 Å². The van der Waals surface area contributed by atoms with Gasteiger partial charge in [-0.25, -0.2) is 4.79 Å². The van der Waals surface area contributed by atoms with Crippen LogP contribution in [0, 0.1) is 5.41 Å². The van der Waals surface area contributed by atoms with E-state index in [0.717, 1.165) is 0 Å². The molecule has 0 aliphatic heterocycles. The number of carbonyl (C=O) groups is 1. The molecule has 0 aromatic heterocycles. The normalized spacial score (nSPS) is 13.8. The van der Waals surface area contributed by atoms with Crippen LogP contribution in [0.2, 0.25) is 0 Å². The van der Waals surface area contributed by atoms with Crippen molar-refractivity contribution in [2.24, 2.45) is 0 Å². The summed E-state index contributed by atoms with van der Waals surface area (Å²) >= 11 is 0. The molecule has 0 saturated carbocycles. The first kappa shape index (κ1) is 14.1. The Labute approximate surface area is 92.1 Å². The van der Waals surface area contributed by atoms with Gasteiger partial charge in [0.15, 0.2) is 0 Å². The van der Waals surface area contributed by atoms with E-state index in [1.807, 2.05) is 25.9 Å². The monoisotopic (exact) mass is 214 g/mol. The number of ether oxygens (including phenoxy) is 1. The zero-order valence-electron chi connectivity index (χ0n) is 10.5. The van der Waals surface area contributed by atoms with Gasteiger partial charge < -0.3 is 9.64 Å². The van der Waals surface area contributed by atoms with Crippen LogP contribution in [0.25, 0.3) is 0 Å². The van der Waals surface area contributed by atoms with Crippen molar-refractivity contribution in [2.75, 3.05) is 14.1 Å². The highest BCUT2D eigenvalue weighted by Gasteiger charge is 2.21. The predicted molar refractivity (Wildman–Crippen MR) is 61.3 cm³/mol. The summed E-state index contributed by atoms with van der Waals surface area (Å²) in [5.74, 6) is -0.517. The highest BCUT2D eigenvalue weighted by molar-refractivity contribution is 6.35. The summed E-state index contributed by atoms with van der Waals surface area (Å²) in [5, 5.41) is 7.60. The number of hydrogen-bond donors (Lipinski definition) is 1. The molecule has 4 nitrogen and oxygen atoms in total. The maximum absolute atomic E-state index is 11.5. The molecule has 0 heterocycles. The summed E-state index contributed by atoms with van der Waals surface area (Å²) in [6.45, 7) is 7.37. The van der Waals surface area contributed by atoms with Crippen molar-refractivity contribution in [3.05, 3.63) is 0 Å². The maximum atomic E-state index is 11.5. The van der Waals surface area contributed by atoms with Crippen molar-refractivity contribution in [1.82, 2.24) is 4.90 Å². The lowest BCUT2D eigenvalue weighted by Crippen LogP contribution is -2.33. The van der Waals surface area contributed by atoms with Gasteiger partial charge in [0.25, 0.3) is 0 Å². The van der Waals surface area contributed by atoms with Gasteiger partial charge in [0, 0.05) is 12.5 Å². The van der Waals surface area contributed by atoms with Crippen LogP contribution in [0.1, 0.15) is 34.1 Å². The standard InChI is InChI=1S/C11H22N2O2/c1-8(13(5)6)7-9(12)10(14)15-11(2,3)4/h8,12H,7H2,1-6H3/t8-/m1/s1. The molecule has 0 aromatic rings. The van der Waals surface area contributed by atoms with Gasteiger partial charge in [0.05, 0.1) is 0 Å². The first-order valence-electron chi connectivity index (χ1n) is 5.10. The van der Waals surface area contributed by atoms with Gasteiger partial charge in [-0.2, -0.15) is 0 Å². The summed E-state index contributed by atoms with van der Waals surface area (Å²) in [6, 6.07) is 0.171. The molecule has 0 aliphatic rings. The second kappa shape index (κ2) is 5.26. The third-order valence-electron chi connectivity index (χ3n) is 2.03. The largest absolute Gasteiger partial charge is 0.456 e. The highest BCUT2D eigenvalue weighted by atomic mass is 16.6. The van der Waals surface area contributed by atoms with E-state index in [9.17, 15) is 4.79 Å². The van der Waals surface area contributed by atoms with E-state index in [1.54, 1.807) is 20.8 Å². The van der Waals surface area contributed by atoms with Crippen LogP contribution < -0.4 is 0 Å². The van der Waals surface area contributed by atoms with Gasteiger partial charge in [-0.1, -0.05) is 0 Å². The molecule has 4 heteroatoms. The second-order valence-electron chi connectivity index (χ2n) is 5.00. The molecule has 1 N–H and O–H groups in total. The molecular weight excluding hydrogens is 192 g/mol. The lowest BCUT2D eigenvalue weighted by Gasteiger charge is -2.22. The lowest BCUT2D eigenvalue weighted by molar-refractivity contribution is -0.146. The van der Waals surface area contributed by atoms with E-state index in [-0.39, 0.29) is 11.8 Å². The van der Waals surface area contributed by atoms with Crippen molar-refractivity contribution in [3.8, 4) is 0 Å². The summed E-state index contributed by atoms with van der Waals surface area (Å²) < 4.78 is 5.10. The van der Waals surface area contributed by atoms with E-state index in [4.69, 9.17) is 10.1 Å². The van der Waals surface area contributed by atoms with Gasteiger partial charge in [-0.15, -0.1) is 0 Å². The third-order valence-corrected chi connectivity index (χ3v) is 2.03. The molecule has 0 radical (unpaired) electrons. The van der Waals surface area contributed by atoms with Crippen molar-refractivity contribution in [3.63, 3.8) is 0 Å². The molecule has 88 valence electrons. The minimum atomic E-state index is -0.523. The van der Waals surface area contributed by atoms with Crippen LogP contribution in [0.5, 0.6) is 0 Å². The Balaban J connectivity index is 4.18. The number of nitrogens with one attached hydrogen (secondary N) is 1. The molecule has 0 spiro atoms. The van der Waals surface area contributed by atoms with E-state index < -0.39 is 11.6 Å². The number of rotatable bonds is 4. The Morgan fingerprint density at radius 1 is 1.40 bits per heavy atom. The molecule has 0 bridgehead atoms. The first-order chi connectivity index (χ1) is 6.63. The predicted octanol–water partition coefficient (Wildman–Crippen LogP) is 1.69. The number of esters is 1. The fourth-order valence-electron chi connectivity index (χ4n) is 0.901. The third kappa shape index (κ3) is 6.23. The zero-order valence-corrected chi connectivity index (χ0v) is 10.5. The Morgan fingerprint density at radius 2 is 1.87 bits per heavy atom. The zero-order chi connectivity index (χ0) is 12.2. The smallest absolute Gasteiger partial charge is 0.352 e. The van der Waals surface area contributed by atoms with Gasteiger partial charge in [0.2, 0.25) is 0 Å². The Hall–Kier alpha value is -0.900. The number of carbonyl (C=O) groups excluding carboxylic acids is 1. The van der Waals surface area contributed by atoms with Crippen LogP contribution in [0.3, 0.4) is 0 Å². The van der Waals surface area contributed by atoms with Crippen LogP contribution in [-0.2, 0) is 9.53 Å². The number of nitrogens with zero attached hydrogens (tertiary/aromatic N) is 1. The lowest BCUT2D eigenvalue weighted by atomic mass is 10.1. The van der Waals surface area contributed by atoms with Gasteiger partial charge in [0.1, 0.15) is 11.3 Å². The van der Waals surface area contributed by atoms with Gasteiger partial charge >= 0.3 is 5.97 Å². The SMILES string of the molecule is C[C@H](CC(=N)C(=O)OC(C)(C)C)N(C)C. The highest BCUT2D eigenvalue weighted by Crippen LogP contribution is 2.09. The fourth-order valence-corrected chi connectivity index (χ4v) is 0.901. The maximum Gasteiger partial charge on any atom is 0.352 e. The van der Waals surface area contributed by atoms with Gasteiger partial charge in [-0.3, -0.25) is 5.41 Å². The van der Waals surface area contributed by atoms with E-state index in [2.05, 4.69) is 0 Å². The van der Waals surface area contributed by atoms with Crippen LogP contribution in [-0.4, -0.2) is 42.3 Å². The van der Waals surface area contributed by atoms with E-state index in [1.165, 1.54) is 0 Å². The molecule has 1 atom stereocenters. The molecule has 0 fully saturated rings. The van der Waals surface area contributed by atoms with Crippen LogP contribution in [0.4, 0.5) is 0 Å². The minimum Gasteiger partial charge on any atom is -0.456 e. The molecule has 0 amide bonds. The molecule has 0 rings (SSSR count). The van der Waals surface area contributed by atoms with E-state index in [0.29, 0.717) is 6.42 Å². The summed E-state index contributed by atoms with van der Waals surface area (Å²) in [5.41, 5.74) is -0.490. The molecular formula is C11H22N2O2. The second-order valence-corrected chi connectivity index (χ2v) is 5.00. The minimum absolute atomic E-state index is 0.0334. The van der Waals surface area contributed by atoms with Crippen molar-refractivity contribution < 1.29 is 9.53 Å². The topological polar surface area (TPSA) is 53.4 Å². The summed E-state index contributed by atoms with van der Waals surface area (Å²) in [6.07, 6.45) is 0.419. The summed E-state index contributed by atoms with van der Waals surface area (Å²) in [7, 11) is 3.85. The average Bonchev–Trinajstić information content (AvgIpc) is 2.00. The fraction of sp³-hybridized carbons (Fsp3) is 0.818. The number of hydrogen-bond acceptors (Lipinski definition) is 4. The molecule has 0 saturated heterocycles. The van der Waals surface area contributed by atoms with E-state index >= 15 is 0 Å². The Bertz CT molecular complexity index is 241. The first-order valence-corrected chi connectivity index (χ1v) is 5.10. The van der Waals surface area contributed by atoms with Crippen LogP contribution >= 0.6 is 0 Å². The molecule has 15 heavy (non-hydrogen) atoms. The summed E-state index contributed by atoms with van der Waals surface area (Å²) in [4.78, 5) is 13.4. The molecule has 0 unspecified atom stereocenters. The molecule has 0 aliphatic carbocycles. The Morgan fingerprint density at radius 3 is 2.20 bits per heavy atom. The molecule has 0 aromatic carbocycles.